The minimum absolute atomic E-state index is 0.104. The van der Waals surface area contributed by atoms with Gasteiger partial charge in [-0.25, -0.2) is 4.98 Å². The van der Waals surface area contributed by atoms with Gasteiger partial charge in [-0.2, -0.15) is 0 Å². The van der Waals surface area contributed by atoms with Crippen molar-refractivity contribution >= 4 is 40.2 Å². The van der Waals surface area contributed by atoms with Crippen molar-refractivity contribution in [1.82, 2.24) is 9.88 Å². The Labute approximate surface area is 155 Å². The number of aromatic nitrogens is 1. The van der Waals surface area contributed by atoms with Crippen LogP contribution in [-0.4, -0.2) is 41.0 Å². The van der Waals surface area contributed by atoms with Crippen LogP contribution in [0.15, 0.2) is 24.3 Å². The van der Waals surface area contributed by atoms with Crippen LogP contribution in [0.25, 0.3) is 10.9 Å². The maximum atomic E-state index is 12.7. The second-order valence-corrected chi connectivity index (χ2v) is 8.05. The van der Waals surface area contributed by atoms with E-state index in [2.05, 4.69) is 4.98 Å². The lowest BCUT2D eigenvalue weighted by Crippen LogP contribution is -2.39. The van der Waals surface area contributed by atoms with Crippen LogP contribution in [0, 0.1) is 0 Å². The minimum atomic E-state index is -0.169. The van der Waals surface area contributed by atoms with Gasteiger partial charge in [0.15, 0.2) is 0 Å². The Kier molecular flexibility index (Phi) is 4.52. The maximum Gasteiger partial charge on any atom is 0.238 e. The topological polar surface area (TPSA) is 51.7 Å². The van der Waals surface area contributed by atoms with E-state index in [1.807, 2.05) is 36.1 Å². The molecule has 2 fully saturated rings. The van der Waals surface area contributed by atoms with Gasteiger partial charge in [0.05, 0.1) is 17.9 Å². The lowest BCUT2D eigenvalue weighted by atomic mass is 10.1. The maximum absolute atomic E-state index is 12.7. The van der Waals surface area contributed by atoms with Crippen molar-refractivity contribution in [2.45, 2.75) is 36.6 Å². The molecule has 3 atom stereocenters. The molecule has 25 heavy (non-hydrogen) atoms. The molecule has 1 aromatic carbocycles. The Morgan fingerprint density at radius 1 is 1.40 bits per heavy atom. The first-order valence-electron chi connectivity index (χ1n) is 8.32. The minimum Gasteiger partial charge on any atom is -0.497 e. The number of carbonyl (C=O) groups excluding carboxylic acids is 1. The van der Waals surface area contributed by atoms with Crippen molar-refractivity contribution in [3.05, 3.63) is 35.0 Å². The Morgan fingerprint density at radius 3 is 2.96 bits per heavy atom. The summed E-state index contributed by atoms with van der Waals surface area (Å²) in [6.07, 6.45) is 1.67. The molecule has 0 bridgehead atoms. The molecule has 2 saturated heterocycles. The lowest BCUT2D eigenvalue weighted by Gasteiger charge is -2.29. The molecule has 0 radical (unpaired) electrons. The number of amides is 1. The zero-order valence-electron chi connectivity index (χ0n) is 14.1. The van der Waals surface area contributed by atoms with Crippen molar-refractivity contribution < 1.29 is 14.3 Å². The molecule has 2 aliphatic rings. The van der Waals surface area contributed by atoms with Crippen LogP contribution < -0.4 is 4.74 Å². The van der Waals surface area contributed by atoms with Crippen LogP contribution in [0.4, 0.5) is 0 Å². The Morgan fingerprint density at radius 2 is 2.24 bits per heavy atom. The second kappa shape index (κ2) is 6.67. The van der Waals surface area contributed by atoms with Gasteiger partial charge in [0, 0.05) is 23.6 Å². The molecule has 0 aliphatic carbocycles. The first-order chi connectivity index (χ1) is 12.1. The van der Waals surface area contributed by atoms with Gasteiger partial charge in [-0.1, -0.05) is 11.6 Å². The van der Waals surface area contributed by atoms with Gasteiger partial charge in [0.1, 0.15) is 22.5 Å². The normalized spacial score (nSPS) is 26.6. The predicted molar refractivity (Wildman–Crippen MR) is 98.9 cm³/mol. The molecule has 0 unspecified atom stereocenters. The zero-order valence-corrected chi connectivity index (χ0v) is 15.6. The summed E-state index contributed by atoms with van der Waals surface area (Å²) < 4.78 is 11.0. The molecule has 0 spiro atoms. The number of hydrogen-bond donors (Lipinski definition) is 0. The highest BCUT2D eigenvalue weighted by Gasteiger charge is 2.44. The molecule has 5 nitrogen and oxygen atoms in total. The number of fused-ring (bicyclic) bond motifs is 1. The number of hydrogen-bond acceptors (Lipinski definition) is 5. The number of benzene rings is 1. The van der Waals surface area contributed by atoms with Crippen molar-refractivity contribution in [1.29, 1.82) is 0 Å². The summed E-state index contributed by atoms with van der Waals surface area (Å²) >= 11 is 8.10. The van der Waals surface area contributed by atoms with Gasteiger partial charge in [-0.15, -0.1) is 11.8 Å². The number of pyridine rings is 1. The summed E-state index contributed by atoms with van der Waals surface area (Å²) in [4.78, 5) is 19.1. The molecule has 0 saturated carbocycles. The van der Waals surface area contributed by atoms with E-state index in [9.17, 15) is 4.79 Å². The monoisotopic (exact) mass is 378 g/mol. The van der Waals surface area contributed by atoms with Gasteiger partial charge < -0.3 is 9.47 Å². The fraction of sp³-hybridized carbons (Fsp3) is 0.444. The third-order valence-electron chi connectivity index (χ3n) is 4.68. The van der Waals surface area contributed by atoms with Crippen LogP contribution in [-0.2, 0) is 9.53 Å². The number of rotatable bonds is 3. The Balaban J connectivity index is 1.76. The van der Waals surface area contributed by atoms with E-state index in [1.165, 1.54) is 0 Å². The largest absolute Gasteiger partial charge is 0.497 e. The highest BCUT2D eigenvalue weighted by Crippen LogP contribution is 2.47. The fourth-order valence-electron chi connectivity index (χ4n) is 3.38. The number of ether oxygens (including phenoxy) is 2. The standard InChI is InChI=1S/C18H19ClN2O3S/c1-10-17(22)21(15-4-3-7-24-15)18(25-10)13-8-11-5-6-12(23-2)9-14(11)20-16(13)19/h5-6,8-10,15,18H,3-4,7H2,1-2H3/t10-,15-,18-/m0/s1. The summed E-state index contributed by atoms with van der Waals surface area (Å²) in [5, 5.41) is 1.11. The predicted octanol–water partition coefficient (Wildman–Crippen LogP) is 4.00. The molecule has 2 aliphatic heterocycles. The molecule has 2 aromatic rings. The van der Waals surface area contributed by atoms with Gasteiger partial charge in [0.25, 0.3) is 0 Å². The SMILES string of the molecule is COc1ccc2cc([C@@H]3S[C@@H](C)C(=O)N3[C@@H]3CCCO3)c(Cl)nc2c1. The smallest absolute Gasteiger partial charge is 0.238 e. The molecule has 4 rings (SSSR count). The van der Waals surface area contributed by atoms with Crippen molar-refractivity contribution in [2.75, 3.05) is 13.7 Å². The highest BCUT2D eigenvalue weighted by atomic mass is 35.5. The molecule has 0 N–H and O–H groups in total. The van der Waals surface area contributed by atoms with E-state index in [4.69, 9.17) is 21.1 Å². The first kappa shape index (κ1) is 16.9. The average molecular weight is 379 g/mol. The third kappa shape index (κ3) is 2.96. The van der Waals surface area contributed by atoms with E-state index in [0.29, 0.717) is 11.8 Å². The number of carbonyl (C=O) groups is 1. The molecular formula is C18H19ClN2O3S. The summed E-state index contributed by atoms with van der Waals surface area (Å²) in [5.41, 5.74) is 1.64. The second-order valence-electron chi connectivity index (χ2n) is 6.27. The summed E-state index contributed by atoms with van der Waals surface area (Å²) in [7, 11) is 1.62. The Hall–Kier alpha value is -1.50. The van der Waals surface area contributed by atoms with Gasteiger partial charge >= 0.3 is 0 Å². The summed E-state index contributed by atoms with van der Waals surface area (Å²) in [6.45, 7) is 2.63. The van der Waals surface area contributed by atoms with E-state index in [1.54, 1.807) is 18.9 Å². The molecular weight excluding hydrogens is 360 g/mol. The fourth-order valence-corrected chi connectivity index (χ4v) is 5.01. The first-order valence-corrected chi connectivity index (χ1v) is 9.64. The van der Waals surface area contributed by atoms with Crippen LogP contribution in [0.1, 0.15) is 30.7 Å². The third-order valence-corrected chi connectivity index (χ3v) is 6.33. The van der Waals surface area contributed by atoms with Gasteiger partial charge in [0.2, 0.25) is 5.91 Å². The molecule has 132 valence electrons. The van der Waals surface area contributed by atoms with Crippen LogP contribution in [0.3, 0.4) is 0 Å². The van der Waals surface area contributed by atoms with Gasteiger partial charge in [-0.3, -0.25) is 9.69 Å². The highest BCUT2D eigenvalue weighted by molar-refractivity contribution is 8.01. The lowest BCUT2D eigenvalue weighted by molar-refractivity contribution is -0.141. The molecule has 3 heterocycles. The van der Waals surface area contributed by atoms with E-state index in [-0.39, 0.29) is 22.8 Å². The van der Waals surface area contributed by atoms with Gasteiger partial charge in [-0.05, 0) is 38.0 Å². The van der Waals surface area contributed by atoms with E-state index < -0.39 is 0 Å². The number of thioether (sulfide) groups is 1. The van der Waals surface area contributed by atoms with Crippen molar-refractivity contribution in [2.24, 2.45) is 0 Å². The van der Waals surface area contributed by atoms with E-state index in [0.717, 1.165) is 35.1 Å². The Bertz CT molecular complexity index is 825. The number of nitrogens with zero attached hydrogens (tertiary/aromatic N) is 2. The number of halogens is 1. The van der Waals surface area contributed by atoms with Crippen molar-refractivity contribution in [3.63, 3.8) is 0 Å². The zero-order chi connectivity index (χ0) is 17.6. The number of methoxy groups -OCH3 is 1. The summed E-state index contributed by atoms with van der Waals surface area (Å²) in [6, 6.07) is 7.74. The van der Waals surface area contributed by atoms with Crippen LogP contribution in [0.2, 0.25) is 5.15 Å². The van der Waals surface area contributed by atoms with Crippen LogP contribution in [0.5, 0.6) is 5.75 Å². The van der Waals surface area contributed by atoms with Crippen LogP contribution >= 0.6 is 23.4 Å². The quantitative estimate of drug-likeness (QED) is 0.756. The average Bonchev–Trinajstić information content (AvgIpc) is 3.22. The molecule has 1 aromatic heterocycles. The molecule has 7 heteroatoms. The van der Waals surface area contributed by atoms with E-state index >= 15 is 0 Å². The molecule has 1 amide bonds. The summed E-state index contributed by atoms with van der Waals surface area (Å²) in [5.74, 6) is 0.844. The van der Waals surface area contributed by atoms with Crippen molar-refractivity contribution in [3.8, 4) is 5.75 Å².